The van der Waals surface area contributed by atoms with Gasteiger partial charge in [-0.2, -0.15) is 5.26 Å². The molecule has 5 aromatic rings. The van der Waals surface area contributed by atoms with Crippen LogP contribution in [0, 0.1) is 42.9 Å². The normalized spacial score (nSPS) is 13.5. The second-order valence-corrected chi connectivity index (χ2v) is 12.0. The summed E-state index contributed by atoms with van der Waals surface area (Å²) in [6.07, 6.45) is 4.07. The highest BCUT2D eigenvalue weighted by atomic mass is 35.5. The number of ether oxygens (including phenoxy) is 1. The summed E-state index contributed by atoms with van der Waals surface area (Å²) in [5, 5.41) is 21.9. The van der Waals surface area contributed by atoms with Gasteiger partial charge in [0.2, 0.25) is 0 Å². The van der Waals surface area contributed by atoms with Gasteiger partial charge >= 0.3 is 5.97 Å². The van der Waals surface area contributed by atoms with Crippen molar-refractivity contribution >= 4 is 50.0 Å². The first kappa shape index (κ1) is 29.5. The van der Waals surface area contributed by atoms with Crippen LogP contribution in [0.15, 0.2) is 40.6 Å². The van der Waals surface area contributed by atoms with E-state index in [2.05, 4.69) is 32.9 Å². The third kappa shape index (κ3) is 5.44. The molecule has 0 bridgehead atoms. The number of nitriles is 1. The minimum absolute atomic E-state index is 0.0720. The number of thiophene rings is 1. The van der Waals surface area contributed by atoms with Crippen molar-refractivity contribution in [1.29, 1.82) is 5.26 Å². The Balaban J connectivity index is 1.40. The molecule has 9 nitrogen and oxygen atoms in total. The second kappa shape index (κ2) is 12.2. The summed E-state index contributed by atoms with van der Waals surface area (Å²) in [6, 6.07) is 9.27. The SMILES string of the molecule is Cc1c(CC2CCOCC2)nc(C#N)c2nc(C)n(CC#Cc3ccc(Cl)cc3-c3ccnc4c(C(=O)O)csc34)c(=O)c12. The summed E-state index contributed by atoms with van der Waals surface area (Å²) in [4.78, 5) is 39.1. The summed E-state index contributed by atoms with van der Waals surface area (Å²) < 4.78 is 7.72. The van der Waals surface area contributed by atoms with Crippen molar-refractivity contribution in [2.75, 3.05) is 13.2 Å². The Kier molecular flexibility index (Phi) is 8.15. The number of aryl methyl sites for hydroxylation is 2. The Morgan fingerprint density at radius 2 is 1.98 bits per heavy atom. The molecule has 1 fully saturated rings. The zero-order chi connectivity index (χ0) is 31.0. The van der Waals surface area contributed by atoms with Crippen LogP contribution in [-0.4, -0.2) is 43.8 Å². The smallest absolute Gasteiger partial charge is 0.338 e. The fourth-order valence-electron chi connectivity index (χ4n) is 5.63. The molecular formula is C33H26ClN5O4S. The maximum atomic E-state index is 13.9. The maximum absolute atomic E-state index is 13.9. The van der Waals surface area contributed by atoms with E-state index >= 15 is 0 Å². The van der Waals surface area contributed by atoms with E-state index in [-0.39, 0.29) is 23.4 Å². The number of benzene rings is 1. The Morgan fingerprint density at radius 3 is 2.73 bits per heavy atom. The van der Waals surface area contributed by atoms with Crippen LogP contribution < -0.4 is 5.56 Å². The molecule has 1 aromatic carbocycles. The molecule has 4 aromatic heterocycles. The monoisotopic (exact) mass is 623 g/mol. The molecule has 0 aliphatic carbocycles. The van der Waals surface area contributed by atoms with Gasteiger partial charge < -0.3 is 9.84 Å². The first-order chi connectivity index (χ1) is 21.3. The number of fused-ring (bicyclic) bond motifs is 2. The highest BCUT2D eigenvalue weighted by molar-refractivity contribution is 7.18. The first-order valence-electron chi connectivity index (χ1n) is 14.0. The van der Waals surface area contributed by atoms with Crippen molar-refractivity contribution in [1.82, 2.24) is 19.5 Å². The van der Waals surface area contributed by atoms with Crippen molar-refractivity contribution in [3.8, 4) is 29.0 Å². The minimum atomic E-state index is -1.04. The number of halogens is 1. The van der Waals surface area contributed by atoms with Crippen LogP contribution >= 0.6 is 22.9 Å². The van der Waals surface area contributed by atoms with E-state index < -0.39 is 5.97 Å². The number of carboxylic acid groups (broad SMARTS) is 1. The highest BCUT2D eigenvalue weighted by Gasteiger charge is 2.22. The van der Waals surface area contributed by atoms with Crippen LogP contribution in [0.1, 0.15) is 51.5 Å². The number of aromatic carboxylic acids is 1. The van der Waals surface area contributed by atoms with Crippen LogP contribution in [0.5, 0.6) is 0 Å². The summed E-state index contributed by atoms with van der Waals surface area (Å²) in [5.41, 5.74) is 4.39. The number of aromatic nitrogens is 4. The molecule has 1 aliphatic rings. The standard InChI is InChI=1S/C33H26ClN5O4S/c1-18-26(14-20-8-12-43-13-9-20)38-27(16-35)30-28(18)32(40)39(19(2)37-30)11-3-4-21-5-6-22(34)15-24(21)23-7-10-36-29-25(33(41)42)17-44-31(23)29/h5-7,10,15,17,20H,8-9,11-14H2,1-2H3,(H,41,42). The zero-order valence-electron chi connectivity index (χ0n) is 24.0. The Bertz CT molecular complexity index is 2130. The molecule has 1 aliphatic heterocycles. The number of hydrogen-bond acceptors (Lipinski definition) is 8. The van der Waals surface area contributed by atoms with E-state index in [0.29, 0.717) is 58.4 Å². The lowest BCUT2D eigenvalue weighted by Gasteiger charge is -2.22. The largest absolute Gasteiger partial charge is 0.478 e. The van der Waals surface area contributed by atoms with Gasteiger partial charge in [0.15, 0.2) is 5.69 Å². The van der Waals surface area contributed by atoms with Gasteiger partial charge in [0, 0.05) is 52.2 Å². The number of carboxylic acids is 1. The third-order valence-corrected chi connectivity index (χ3v) is 9.22. The van der Waals surface area contributed by atoms with Crippen molar-refractivity contribution < 1.29 is 14.6 Å². The van der Waals surface area contributed by atoms with E-state index in [4.69, 9.17) is 16.3 Å². The average Bonchev–Trinajstić information content (AvgIpc) is 3.46. The maximum Gasteiger partial charge on any atom is 0.338 e. The number of pyridine rings is 2. The minimum Gasteiger partial charge on any atom is -0.478 e. The predicted octanol–water partition coefficient (Wildman–Crippen LogP) is 5.93. The third-order valence-electron chi connectivity index (χ3n) is 7.98. The van der Waals surface area contributed by atoms with Crippen molar-refractivity contribution in [3.05, 3.63) is 85.1 Å². The molecule has 220 valence electrons. The predicted molar refractivity (Wildman–Crippen MR) is 169 cm³/mol. The lowest BCUT2D eigenvalue weighted by Crippen LogP contribution is -2.26. The number of hydrogen-bond donors (Lipinski definition) is 1. The van der Waals surface area contributed by atoms with Crippen LogP contribution in [0.4, 0.5) is 0 Å². The van der Waals surface area contributed by atoms with Crippen LogP contribution in [0.25, 0.3) is 32.2 Å². The highest BCUT2D eigenvalue weighted by Crippen LogP contribution is 2.36. The topological polar surface area (TPSA) is 131 Å². The first-order valence-corrected chi connectivity index (χ1v) is 15.3. The van der Waals surface area contributed by atoms with Gasteiger partial charge in [-0.05, 0) is 68.9 Å². The summed E-state index contributed by atoms with van der Waals surface area (Å²) in [7, 11) is 0. The molecule has 11 heteroatoms. The molecule has 1 saturated heterocycles. The van der Waals surface area contributed by atoms with Gasteiger partial charge in [0.25, 0.3) is 5.56 Å². The van der Waals surface area contributed by atoms with E-state index in [0.717, 1.165) is 39.9 Å². The molecule has 6 rings (SSSR count). The van der Waals surface area contributed by atoms with Crippen LogP contribution in [0.3, 0.4) is 0 Å². The van der Waals surface area contributed by atoms with E-state index in [1.165, 1.54) is 15.9 Å². The van der Waals surface area contributed by atoms with Gasteiger partial charge in [0.05, 0.1) is 27.7 Å². The lowest BCUT2D eigenvalue weighted by molar-refractivity contribution is 0.0662. The van der Waals surface area contributed by atoms with Crippen molar-refractivity contribution in [2.45, 2.75) is 39.7 Å². The van der Waals surface area contributed by atoms with Crippen molar-refractivity contribution in [2.24, 2.45) is 5.92 Å². The molecule has 0 radical (unpaired) electrons. The molecule has 0 unspecified atom stereocenters. The van der Waals surface area contributed by atoms with E-state index in [9.17, 15) is 20.0 Å². The van der Waals surface area contributed by atoms with Gasteiger partial charge in [0.1, 0.15) is 17.4 Å². The second-order valence-electron chi connectivity index (χ2n) is 10.7. The molecule has 1 N–H and O–H groups in total. The fraction of sp³-hybridized carbons (Fsp3) is 0.273. The molecule has 0 saturated carbocycles. The van der Waals surface area contributed by atoms with Gasteiger partial charge in [-0.25, -0.2) is 14.8 Å². The number of rotatable bonds is 5. The van der Waals surface area contributed by atoms with Gasteiger partial charge in [-0.3, -0.25) is 14.3 Å². The number of nitrogens with zero attached hydrogens (tertiary/aromatic N) is 5. The number of carbonyl (C=O) groups is 1. The van der Waals surface area contributed by atoms with Gasteiger partial charge in [-0.1, -0.05) is 23.4 Å². The zero-order valence-corrected chi connectivity index (χ0v) is 25.6. The molecule has 44 heavy (non-hydrogen) atoms. The van der Waals surface area contributed by atoms with Crippen LogP contribution in [0.2, 0.25) is 5.02 Å². The van der Waals surface area contributed by atoms with Gasteiger partial charge in [-0.15, -0.1) is 11.3 Å². The molecule has 0 amide bonds. The van der Waals surface area contributed by atoms with Crippen molar-refractivity contribution in [3.63, 3.8) is 0 Å². The van der Waals surface area contributed by atoms with E-state index in [1.807, 2.05) is 13.0 Å². The quantitative estimate of drug-likeness (QED) is 0.238. The molecule has 0 atom stereocenters. The Hall–Kier alpha value is -4.61. The van der Waals surface area contributed by atoms with E-state index in [1.54, 1.807) is 36.7 Å². The molecule has 5 heterocycles. The fourth-order valence-corrected chi connectivity index (χ4v) is 6.83. The van der Waals surface area contributed by atoms with Crippen LogP contribution in [-0.2, 0) is 17.7 Å². The Labute approximate surface area is 261 Å². The summed E-state index contributed by atoms with van der Waals surface area (Å²) in [5.74, 6) is 6.07. The lowest BCUT2D eigenvalue weighted by atomic mass is 9.92. The molecular weight excluding hydrogens is 598 g/mol. The Morgan fingerprint density at radius 1 is 1.18 bits per heavy atom. The summed E-state index contributed by atoms with van der Waals surface area (Å²) >= 11 is 7.67. The molecule has 0 spiro atoms. The average molecular weight is 624 g/mol. The summed E-state index contributed by atoms with van der Waals surface area (Å²) in [6.45, 7) is 5.06.